The van der Waals surface area contributed by atoms with E-state index in [4.69, 9.17) is 4.98 Å². The number of para-hydroxylation sites is 2. The monoisotopic (exact) mass is 353 g/mol. The number of aryl methyl sites for hydroxylation is 2. The van der Waals surface area contributed by atoms with Crippen LogP contribution in [0.2, 0.25) is 0 Å². The second-order valence-corrected chi connectivity index (χ2v) is 7.06. The van der Waals surface area contributed by atoms with Crippen LogP contribution in [0.1, 0.15) is 35.8 Å². The lowest BCUT2D eigenvalue weighted by molar-refractivity contribution is -0.131. The highest BCUT2D eigenvalue weighted by Gasteiger charge is 2.28. The predicted octanol–water partition coefficient (Wildman–Crippen LogP) is 1.85. The van der Waals surface area contributed by atoms with Crippen LogP contribution in [0.15, 0.2) is 29.1 Å². The number of rotatable bonds is 3. The summed E-state index contributed by atoms with van der Waals surface area (Å²) in [6.45, 7) is 3.19. The quantitative estimate of drug-likeness (QED) is 0.753. The predicted molar refractivity (Wildman–Crippen MR) is 99.1 cm³/mol. The van der Waals surface area contributed by atoms with E-state index in [1.165, 1.54) is 0 Å². The van der Waals surface area contributed by atoms with Gasteiger partial charge in [0.2, 0.25) is 5.91 Å². The number of fused-ring (bicyclic) bond motifs is 1. The van der Waals surface area contributed by atoms with Gasteiger partial charge in [-0.25, -0.2) is 4.98 Å². The SMILES string of the molecule is Cc1[nH][nH]c(=O)c1CC(=O)N1CCC[C@@H](c2nc3ccccc3n2C)C1. The molecule has 3 aromatic rings. The van der Waals surface area contributed by atoms with Gasteiger partial charge in [-0.15, -0.1) is 0 Å². The molecule has 0 bridgehead atoms. The van der Waals surface area contributed by atoms with E-state index in [1.807, 2.05) is 30.1 Å². The van der Waals surface area contributed by atoms with Gasteiger partial charge in [0, 0.05) is 37.3 Å². The average Bonchev–Trinajstić information content (AvgIpc) is 3.16. The van der Waals surface area contributed by atoms with E-state index in [2.05, 4.69) is 20.8 Å². The van der Waals surface area contributed by atoms with Gasteiger partial charge in [0.1, 0.15) is 5.82 Å². The van der Waals surface area contributed by atoms with Gasteiger partial charge in [-0.1, -0.05) is 12.1 Å². The highest BCUT2D eigenvalue weighted by molar-refractivity contribution is 5.79. The van der Waals surface area contributed by atoms with E-state index in [9.17, 15) is 9.59 Å². The molecule has 1 aliphatic heterocycles. The summed E-state index contributed by atoms with van der Waals surface area (Å²) in [5.74, 6) is 1.25. The summed E-state index contributed by atoms with van der Waals surface area (Å²) in [5, 5.41) is 5.32. The van der Waals surface area contributed by atoms with Crippen molar-refractivity contribution in [2.45, 2.75) is 32.1 Å². The maximum Gasteiger partial charge on any atom is 0.267 e. The van der Waals surface area contributed by atoms with Crippen molar-refractivity contribution in [1.82, 2.24) is 24.6 Å². The van der Waals surface area contributed by atoms with Crippen molar-refractivity contribution in [3.05, 3.63) is 51.7 Å². The largest absolute Gasteiger partial charge is 0.342 e. The maximum absolute atomic E-state index is 12.7. The summed E-state index contributed by atoms with van der Waals surface area (Å²) in [6, 6.07) is 8.10. The number of aromatic nitrogens is 4. The number of imidazole rings is 1. The van der Waals surface area contributed by atoms with Crippen LogP contribution in [0, 0.1) is 6.92 Å². The van der Waals surface area contributed by atoms with Crippen molar-refractivity contribution >= 4 is 16.9 Å². The van der Waals surface area contributed by atoms with Crippen LogP contribution in [0.4, 0.5) is 0 Å². The van der Waals surface area contributed by atoms with Crippen molar-refractivity contribution in [2.24, 2.45) is 7.05 Å². The fourth-order valence-electron chi connectivity index (χ4n) is 3.89. The van der Waals surface area contributed by atoms with Crippen LogP contribution in [-0.4, -0.2) is 43.6 Å². The zero-order chi connectivity index (χ0) is 18.3. The van der Waals surface area contributed by atoms with Crippen LogP contribution in [0.25, 0.3) is 11.0 Å². The number of benzene rings is 1. The van der Waals surface area contributed by atoms with E-state index in [-0.39, 0.29) is 23.8 Å². The van der Waals surface area contributed by atoms with Crippen molar-refractivity contribution in [3.63, 3.8) is 0 Å². The fourth-order valence-corrected chi connectivity index (χ4v) is 3.89. The van der Waals surface area contributed by atoms with Gasteiger partial charge in [0.05, 0.1) is 17.5 Å². The normalized spacial score (nSPS) is 17.8. The molecule has 0 saturated carbocycles. The van der Waals surface area contributed by atoms with Gasteiger partial charge in [-0.2, -0.15) is 0 Å². The van der Waals surface area contributed by atoms with Crippen molar-refractivity contribution < 1.29 is 4.79 Å². The number of nitrogens with one attached hydrogen (secondary N) is 2. The molecule has 0 spiro atoms. The molecule has 0 aliphatic carbocycles. The molecule has 0 unspecified atom stereocenters. The zero-order valence-electron chi connectivity index (χ0n) is 15.1. The third kappa shape index (κ3) is 2.83. The number of amides is 1. The fraction of sp³-hybridized carbons (Fsp3) is 0.421. The van der Waals surface area contributed by atoms with E-state index in [0.717, 1.165) is 41.9 Å². The first-order chi connectivity index (χ1) is 12.5. The van der Waals surface area contributed by atoms with Gasteiger partial charge in [-0.05, 0) is 31.9 Å². The molecule has 136 valence electrons. The minimum Gasteiger partial charge on any atom is -0.342 e. The van der Waals surface area contributed by atoms with Gasteiger partial charge >= 0.3 is 0 Å². The lowest BCUT2D eigenvalue weighted by Crippen LogP contribution is -2.41. The molecule has 2 aromatic heterocycles. The zero-order valence-corrected chi connectivity index (χ0v) is 15.1. The minimum atomic E-state index is -0.209. The van der Waals surface area contributed by atoms with Crippen molar-refractivity contribution in [3.8, 4) is 0 Å². The molecule has 1 atom stereocenters. The standard InChI is InChI=1S/C19H23N5O2/c1-12-14(19(26)22-21-12)10-17(25)24-9-5-6-13(11-24)18-20-15-7-3-4-8-16(15)23(18)2/h3-4,7-8,13H,5-6,9-11H2,1-2H3,(H2,21,22,26)/t13-/m1/s1. The lowest BCUT2D eigenvalue weighted by Gasteiger charge is -2.32. The molecule has 1 amide bonds. The Morgan fingerprint density at radius 2 is 2.12 bits per heavy atom. The molecule has 1 fully saturated rings. The Morgan fingerprint density at radius 1 is 1.31 bits per heavy atom. The molecule has 7 nitrogen and oxygen atoms in total. The lowest BCUT2D eigenvalue weighted by atomic mass is 9.96. The maximum atomic E-state index is 12.7. The van der Waals surface area contributed by atoms with Gasteiger partial charge < -0.3 is 14.6 Å². The Hall–Kier alpha value is -2.83. The van der Waals surface area contributed by atoms with Crippen LogP contribution >= 0.6 is 0 Å². The Morgan fingerprint density at radius 3 is 2.85 bits per heavy atom. The first-order valence-corrected chi connectivity index (χ1v) is 9.00. The van der Waals surface area contributed by atoms with Gasteiger partial charge in [-0.3, -0.25) is 14.7 Å². The molecule has 1 aliphatic rings. The highest BCUT2D eigenvalue weighted by atomic mass is 16.2. The number of likely N-dealkylation sites (tertiary alicyclic amines) is 1. The van der Waals surface area contributed by atoms with Crippen LogP contribution < -0.4 is 5.56 Å². The summed E-state index contributed by atoms with van der Waals surface area (Å²) >= 11 is 0. The summed E-state index contributed by atoms with van der Waals surface area (Å²) < 4.78 is 2.13. The number of H-pyrrole nitrogens is 2. The Bertz CT molecular complexity index is 1010. The molecule has 7 heteroatoms. The van der Waals surface area contributed by atoms with Crippen molar-refractivity contribution in [2.75, 3.05) is 13.1 Å². The summed E-state index contributed by atoms with van der Waals surface area (Å²) in [5.41, 5.74) is 3.15. The molecule has 4 rings (SSSR count). The Labute approximate surface area is 151 Å². The molecule has 2 N–H and O–H groups in total. The van der Waals surface area contributed by atoms with Crippen LogP contribution in [0.5, 0.6) is 0 Å². The Balaban J connectivity index is 1.54. The van der Waals surface area contributed by atoms with E-state index in [0.29, 0.717) is 12.1 Å². The number of carbonyl (C=O) groups is 1. The van der Waals surface area contributed by atoms with Crippen molar-refractivity contribution in [1.29, 1.82) is 0 Å². The number of aromatic amines is 2. The average molecular weight is 353 g/mol. The first-order valence-electron chi connectivity index (χ1n) is 9.00. The smallest absolute Gasteiger partial charge is 0.267 e. The number of hydrogen-bond acceptors (Lipinski definition) is 3. The second kappa shape index (κ2) is 6.48. The second-order valence-electron chi connectivity index (χ2n) is 7.06. The first kappa shape index (κ1) is 16.6. The molecular formula is C19H23N5O2. The highest BCUT2D eigenvalue weighted by Crippen LogP contribution is 2.28. The summed E-state index contributed by atoms with van der Waals surface area (Å²) in [4.78, 5) is 31.2. The summed E-state index contributed by atoms with van der Waals surface area (Å²) in [6.07, 6.45) is 2.10. The Kier molecular flexibility index (Phi) is 4.14. The number of piperidine rings is 1. The number of hydrogen-bond donors (Lipinski definition) is 2. The molecular weight excluding hydrogens is 330 g/mol. The van der Waals surface area contributed by atoms with E-state index in [1.54, 1.807) is 6.92 Å². The minimum absolute atomic E-state index is 0.00154. The molecule has 0 radical (unpaired) electrons. The third-order valence-corrected chi connectivity index (χ3v) is 5.38. The van der Waals surface area contributed by atoms with Gasteiger partial charge in [0.15, 0.2) is 0 Å². The third-order valence-electron chi connectivity index (χ3n) is 5.38. The molecule has 3 heterocycles. The molecule has 1 saturated heterocycles. The number of carbonyl (C=O) groups excluding carboxylic acids is 1. The summed E-state index contributed by atoms with van der Waals surface area (Å²) in [7, 11) is 2.04. The van der Waals surface area contributed by atoms with Crippen LogP contribution in [0.3, 0.4) is 0 Å². The van der Waals surface area contributed by atoms with E-state index >= 15 is 0 Å². The van der Waals surface area contributed by atoms with Crippen LogP contribution in [-0.2, 0) is 18.3 Å². The van der Waals surface area contributed by atoms with Gasteiger partial charge in [0.25, 0.3) is 5.56 Å². The molecule has 26 heavy (non-hydrogen) atoms. The molecule has 1 aromatic carbocycles. The number of nitrogens with zero attached hydrogens (tertiary/aromatic N) is 3. The topological polar surface area (TPSA) is 86.8 Å². The van der Waals surface area contributed by atoms with E-state index < -0.39 is 0 Å².